The predicted octanol–water partition coefficient (Wildman–Crippen LogP) is 2.96. The standard InChI is InChI=1S/C10H13FO/c1-6(2)8-4-7(3)10(12)5-9(8)11/h4-6,12H,1-3H3. The van der Waals surface area contributed by atoms with E-state index in [-0.39, 0.29) is 17.5 Å². The van der Waals surface area contributed by atoms with Crippen molar-refractivity contribution in [2.24, 2.45) is 0 Å². The van der Waals surface area contributed by atoms with Crippen LogP contribution in [-0.2, 0) is 0 Å². The number of phenolic OH excluding ortho intramolecular Hbond substituents is 1. The Kier molecular flexibility index (Phi) is 2.36. The Hall–Kier alpha value is -1.05. The van der Waals surface area contributed by atoms with Gasteiger partial charge in [-0.3, -0.25) is 0 Å². The number of aryl methyl sites for hydroxylation is 1. The topological polar surface area (TPSA) is 20.2 Å². The van der Waals surface area contributed by atoms with Crippen molar-refractivity contribution in [3.05, 3.63) is 29.1 Å². The molecule has 0 atom stereocenters. The zero-order chi connectivity index (χ0) is 9.30. The highest BCUT2D eigenvalue weighted by atomic mass is 19.1. The van der Waals surface area contributed by atoms with E-state index in [2.05, 4.69) is 0 Å². The van der Waals surface area contributed by atoms with Crippen LogP contribution in [-0.4, -0.2) is 5.11 Å². The van der Waals surface area contributed by atoms with Crippen LogP contribution in [0.2, 0.25) is 0 Å². The summed E-state index contributed by atoms with van der Waals surface area (Å²) in [5.41, 5.74) is 1.38. The number of phenols is 1. The first kappa shape index (κ1) is 9.04. The van der Waals surface area contributed by atoms with Gasteiger partial charge in [-0.15, -0.1) is 0 Å². The van der Waals surface area contributed by atoms with E-state index in [0.717, 1.165) is 5.56 Å². The average molecular weight is 168 g/mol. The van der Waals surface area contributed by atoms with Crippen LogP contribution in [0.15, 0.2) is 12.1 Å². The number of hydrogen-bond donors (Lipinski definition) is 1. The van der Waals surface area contributed by atoms with Crippen LogP contribution in [0.4, 0.5) is 4.39 Å². The normalized spacial score (nSPS) is 10.8. The van der Waals surface area contributed by atoms with Crippen LogP contribution in [0, 0.1) is 12.7 Å². The molecule has 0 spiro atoms. The van der Waals surface area contributed by atoms with Crippen LogP contribution in [0.3, 0.4) is 0 Å². The van der Waals surface area contributed by atoms with Crippen molar-refractivity contribution in [1.82, 2.24) is 0 Å². The molecule has 1 aromatic rings. The molecule has 0 aromatic heterocycles. The summed E-state index contributed by atoms with van der Waals surface area (Å²) in [7, 11) is 0. The first-order valence-corrected chi connectivity index (χ1v) is 4.01. The third kappa shape index (κ3) is 1.58. The summed E-state index contributed by atoms with van der Waals surface area (Å²) in [6, 6.07) is 2.86. The molecule has 0 heterocycles. The lowest BCUT2D eigenvalue weighted by molar-refractivity contribution is 0.463. The molecule has 0 unspecified atom stereocenters. The van der Waals surface area contributed by atoms with Gasteiger partial charge in [-0.25, -0.2) is 4.39 Å². The molecule has 66 valence electrons. The molecule has 0 bridgehead atoms. The number of hydrogen-bond acceptors (Lipinski definition) is 1. The van der Waals surface area contributed by atoms with Gasteiger partial charge in [0.2, 0.25) is 0 Å². The summed E-state index contributed by atoms with van der Waals surface area (Å²) in [5.74, 6) is -0.144. The molecule has 0 fully saturated rings. The van der Waals surface area contributed by atoms with Gasteiger partial charge in [-0.1, -0.05) is 13.8 Å². The number of aromatic hydroxyl groups is 1. The zero-order valence-electron chi connectivity index (χ0n) is 7.56. The van der Waals surface area contributed by atoms with Crippen LogP contribution < -0.4 is 0 Å². The number of rotatable bonds is 1. The molecule has 0 radical (unpaired) electrons. The van der Waals surface area contributed by atoms with E-state index in [1.165, 1.54) is 6.07 Å². The SMILES string of the molecule is Cc1cc(C(C)C)c(F)cc1O. The van der Waals surface area contributed by atoms with Crippen molar-refractivity contribution in [3.63, 3.8) is 0 Å². The second-order valence-electron chi connectivity index (χ2n) is 3.31. The van der Waals surface area contributed by atoms with Gasteiger partial charge < -0.3 is 5.11 Å². The van der Waals surface area contributed by atoms with Crippen molar-refractivity contribution in [1.29, 1.82) is 0 Å². The molecular formula is C10H13FO. The molecule has 0 saturated heterocycles. The average Bonchev–Trinajstić information content (AvgIpc) is 1.96. The van der Waals surface area contributed by atoms with E-state index in [4.69, 9.17) is 5.11 Å². The number of halogens is 1. The minimum Gasteiger partial charge on any atom is -0.508 e. The van der Waals surface area contributed by atoms with Gasteiger partial charge in [0.25, 0.3) is 0 Å². The van der Waals surface area contributed by atoms with Gasteiger partial charge >= 0.3 is 0 Å². The van der Waals surface area contributed by atoms with Crippen molar-refractivity contribution in [2.45, 2.75) is 26.7 Å². The quantitative estimate of drug-likeness (QED) is 0.683. The fourth-order valence-corrected chi connectivity index (χ4v) is 1.14. The van der Waals surface area contributed by atoms with Crippen LogP contribution in [0.5, 0.6) is 5.75 Å². The van der Waals surface area contributed by atoms with E-state index < -0.39 is 0 Å². The molecule has 0 amide bonds. The second-order valence-corrected chi connectivity index (χ2v) is 3.31. The largest absolute Gasteiger partial charge is 0.508 e. The first-order chi connectivity index (χ1) is 5.52. The van der Waals surface area contributed by atoms with Gasteiger partial charge in [0.15, 0.2) is 0 Å². The summed E-state index contributed by atoms with van der Waals surface area (Å²) in [6.07, 6.45) is 0. The minimum atomic E-state index is -0.326. The molecule has 0 aliphatic carbocycles. The molecular weight excluding hydrogens is 155 g/mol. The summed E-state index contributed by atoms with van der Waals surface area (Å²) in [6.45, 7) is 5.62. The maximum absolute atomic E-state index is 13.1. The zero-order valence-corrected chi connectivity index (χ0v) is 7.56. The second kappa shape index (κ2) is 3.13. The van der Waals surface area contributed by atoms with Crippen molar-refractivity contribution in [3.8, 4) is 5.75 Å². The van der Waals surface area contributed by atoms with E-state index in [0.29, 0.717) is 5.56 Å². The highest BCUT2D eigenvalue weighted by molar-refractivity contribution is 5.37. The lowest BCUT2D eigenvalue weighted by atomic mass is 10.00. The molecule has 1 aromatic carbocycles. The fourth-order valence-electron chi connectivity index (χ4n) is 1.14. The van der Waals surface area contributed by atoms with Crippen molar-refractivity contribution >= 4 is 0 Å². The Morgan fingerprint density at radius 1 is 1.33 bits per heavy atom. The molecule has 1 N–H and O–H groups in total. The van der Waals surface area contributed by atoms with Gasteiger partial charge in [-0.2, -0.15) is 0 Å². The number of benzene rings is 1. The lowest BCUT2D eigenvalue weighted by Crippen LogP contribution is -1.93. The molecule has 0 saturated carbocycles. The molecule has 0 aliphatic heterocycles. The maximum atomic E-state index is 13.1. The monoisotopic (exact) mass is 168 g/mol. The molecule has 0 aliphatic rings. The summed E-state index contributed by atoms with van der Waals surface area (Å²) < 4.78 is 13.1. The highest BCUT2D eigenvalue weighted by Gasteiger charge is 2.08. The Morgan fingerprint density at radius 3 is 2.42 bits per heavy atom. The molecule has 1 rings (SSSR count). The van der Waals surface area contributed by atoms with E-state index in [9.17, 15) is 4.39 Å². The Labute approximate surface area is 71.9 Å². The van der Waals surface area contributed by atoms with Crippen molar-refractivity contribution < 1.29 is 9.50 Å². The summed E-state index contributed by atoms with van der Waals surface area (Å²) in [5, 5.41) is 9.17. The Balaban J connectivity index is 3.23. The Bertz CT molecular complexity index is 292. The third-order valence-corrected chi connectivity index (χ3v) is 1.94. The van der Waals surface area contributed by atoms with E-state index >= 15 is 0 Å². The van der Waals surface area contributed by atoms with Crippen molar-refractivity contribution in [2.75, 3.05) is 0 Å². The predicted molar refractivity (Wildman–Crippen MR) is 46.9 cm³/mol. The first-order valence-electron chi connectivity index (χ1n) is 4.01. The van der Waals surface area contributed by atoms with Gasteiger partial charge in [0, 0.05) is 6.07 Å². The maximum Gasteiger partial charge on any atom is 0.130 e. The molecule has 12 heavy (non-hydrogen) atoms. The third-order valence-electron chi connectivity index (χ3n) is 1.94. The van der Waals surface area contributed by atoms with E-state index in [1.807, 2.05) is 13.8 Å². The van der Waals surface area contributed by atoms with Gasteiger partial charge in [0.05, 0.1) is 0 Å². The van der Waals surface area contributed by atoms with Gasteiger partial charge in [0.1, 0.15) is 11.6 Å². The van der Waals surface area contributed by atoms with Crippen LogP contribution in [0.1, 0.15) is 30.9 Å². The molecule has 1 nitrogen and oxygen atoms in total. The Morgan fingerprint density at radius 2 is 1.92 bits per heavy atom. The highest BCUT2D eigenvalue weighted by Crippen LogP contribution is 2.25. The summed E-state index contributed by atoms with van der Waals surface area (Å²) >= 11 is 0. The van der Waals surface area contributed by atoms with Gasteiger partial charge in [-0.05, 0) is 30.0 Å². The lowest BCUT2D eigenvalue weighted by Gasteiger charge is -2.08. The molecule has 2 heteroatoms. The van der Waals surface area contributed by atoms with Crippen LogP contribution in [0.25, 0.3) is 0 Å². The smallest absolute Gasteiger partial charge is 0.130 e. The summed E-state index contributed by atoms with van der Waals surface area (Å²) in [4.78, 5) is 0. The fraction of sp³-hybridized carbons (Fsp3) is 0.400. The minimum absolute atomic E-state index is 0.0249. The van der Waals surface area contributed by atoms with E-state index in [1.54, 1.807) is 13.0 Å². The van der Waals surface area contributed by atoms with Crippen LogP contribution >= 0.6 is 0 Å².